The molecule has 0 aliphatic rings. The summed E-state index contributed by atoms with van der Waals surface area (Å²) in [7, 11) is 0. The van der Waals surface area contributed by atoms with Crippen LogP contribution in [0.3, 0.4) is 0 Å². The van der Waals surface area contributed by atoms with Crippen LogP contribution in [0.5, 0.6) is 0 Å². The Labute approximate surface area is 348 Å². The van der Waals surface area contributed by atoms with Crippen LogP contribution >= 0.6 is 23.2 Å². The SMILES string of the molecule is CC(C)Cc1ccc(C(C)n2ccccc2=O)cc1.CC(C)Cc1ccc(Cn2cc(Cl)ccc2=O)cc1.CC(C)Cc1ccc(Cn2cc(Cl)ccc2=O)cc1. The molecule has 57 heavy (non-hydrogen) atoms. The summed E-state index contributed by atoms with van der Waals surface area (Å²) in [5.41, 5.74) is 7.38. The van der Waals surface area contributed by atoms with E-state index in [1.165, 1.54) is 34.4 Å². The molecule has 0 spiro atoms. The zero-order chi connectivity index (χ0) is 41.5. The monoisotopic (exact) mass is 805 g/mol. The van der Waals surface area contributed by atoms with Gasteiger partial charge in [0, 0.05) is 36.8 Å². The second-order valence-corrected chi connectivity index (χ2v) is 16.8. The minimum atomic E-state index is -0.0318. The standard InChI is InChI=1S/C17H21NO.2C16H18ClNO/c1-13(2)12-15-7-9-16(10-8-15)14(3)18-11-5-4-6-17(18)19;2*1-12(2)9-13-3-5-14(6-4-13)10-18-11-15(17)7-8-16(18)19/h4-11,13-14H,12H2,1-3H3;2*3-8,11-12H,9-10H2,1-2H3. The molecule has 3 aromatic carbocycles. The van der Waals surface area contributed by atoms with Crippen molar-refractivity contribution in [1.82, 2.24) is 13.7 Å². The Morgan fingerprint density at radius 3 is 1.18 bits per heavy atom. The number of nitrogens with zero attached hydrogens (tertiary/aromatic N) is 3. The zero-order valence-electron chi connectivity index (χ0n) is 34.4. The van der Waals surface area contributed by atoms with Crippen molar-refractivity contribution in [2.24, 2.45) is 17.8 Å². The molecule has 3 aromatic heterocycles. The van der Waals surface area contributed by atoms with Gasteiger partial charge in [-0.25, -0.2) is 0 Å². The Morgan fingerprint density at radius 2 is 0.807 bits per heavy atom. The Hall–Kier alpha value is -4.91. The summed E-state index contributed by atoms with van der Waals surface area (Å²) in [4.78, 5) is 35.2. The van der Waals surface area contributed by atoms with Crippen molar-refractivity contribution in [1.29, 1.82) is 0 Å². The topological polar surface area (TPSA) is 66.0 Å². The minimum absolute atomic E-state index is 0.0318. The average Bonchev–Trinajstić information content (AvgIpc) is 3.16. The summed E-state index contributed by atoms with van der Waals surface area (Å²) in [6.45, 7) is 16.4. The minimum Gasteiger partial charge on any atom is -0.310 e. The van der Waals surface area contributed by atoms with Gasteiger partial charge in [0.15, 0.2) is 0 Å². The van der Waals surface area contributed by atoms with E-state index in [1.54, 1.807) is 50.4 Å². The van der Waals surface area contributed by atoms with Crippen LogP contribution in [0.4, 0.5) is 0 Å². The van der Waals surface area contributed by atoms with Crippen LogP contribution < -0.4 is 16.7 Å². The highest BCUT2D eigenvalue weighted by molar-refractivity contribution is 6.30. The Bertz CT molecular complexity index is 2190. The van der Waals surface area contributed by atoms with Gasteiger partial charge in [-0.15, -0.1) is 0 Å². The number of benzene rings is 3. The smallest absolute Gasteiger partial charge is 0.251 e. The van der Waals surface area contributed by atoms with E-state index >= 15 is 0 Å². The van der Waals surface area contributed by atoms with Crippen molar-refractivity contribution in [3.63, 3.8) is 0 Å². The van der Waals surface area contributed by atoms with Crippen molar-refractivity contribution in [3.05, 3.63) is 208 Å². The third-order valence-corrected chi connectivity index (χ3v) is 9.76. The predicted molar refractivity (Wildman–Crippen MR) is 239 cm³/mol. The molecule has 8 heteroatoms. The molecular weight excluding hydrogens is 749 g/mol. The second kappa shape index (κ2) is 22.1. The third-order valence-electron chi connectivity index (χ3n) is 9.31. The van der Waals surface area contributed by atoms with Gasteiger partial charge < -0.3 is 13.7 Å². The summed E-state index contributed by atoms with van der Waals surface area (Å²) in [5, 5.41) is 1.16. The predicted octanol–water partition coefficient (Wildman–Crippen LogP) is 11.2. The van der Waals surface area contributed by atoms with Gasteiger partial charge in [0.1, 0.15) is 0 Å². The molecule has 0 N–H and O–H groups in total. The van der Waals surface area contributed by atoms with Crippen molar-refractivity contribution in [2.75, 3.05) is 0 Å². The van der Waals surface area contributed by atoms with Crippen molar-refractivity contribution < 1.29 is 0 Å². The lowest BCUT2D eigenvalue weighted by Gasteiger charge is -2.16. The Morgan fingerprint density at radius 1 is 0.439 bits per heavy atom. The average molecular weight is 807 g/mol. The normalized spacial score (nSPS) is 11.5. The van der Waals surface area contributed by atoms with E-state index in [-0.39, 0.29) is 22.7 Å². The third kappa shape index (κ3) is 15.2. The summed E-state index contributed by atoms with van der Waals surface area (Å²) in [6.07, 6.45) is 8.45. The van der Waals surface area contributed by atoms with Gasteiger partial charge in [-0.05, 0) is 95.5 Å². The van der Waals surface area contributed by atoms with Crippen LogP contribution in [0, 0.1) is 17.8 Å². The first-order chi connectivity index (χ1) is 27.2. The molecule has 0 radical (unpaired) electrons. The van der Waals surface area contributed by atoms with Crippen molar-refractivity contribution >= 4 is 23.2 Å². The first-order valence-electron chi connectivity index (χ1n) is 19.8. The molecule has 6 rings (SSSR count). The molecule has 6 aromatic rings. The quantitative estimate of drug-likeness (QED) is 0.124. The highest BCUT2D eigenvalue weighted by atomic mass is 35.5. The molecule has 0 aliphatic heterocycles. The number of hydrogen-bond acceptors (Lipinski definition) is 3. The molecule has 1 unspecified atom stereocenters. The lowest BCUT2D eigenvalue weighted by atomic mass is 10.00. The summed E-state index contributed by atoms with van der Waals surface area (Å²) in [5.74, 6) is 1.97. The van der Waals surface area contributed by atoms with Gasteiger partial charge >= 0.3 is 0 Å². The molecule has 300 valence electrons. The molecule has 1 atom stereocenters. The number of halogens is 2. The molecule has 0 saturated heterocycles. The lowest BCUT2D eigenvalue weighted by molar-refractivity contribution is 0.613. The molecule has 0 amide bonds. The van der Waals surface area contributed by atoms with E-state index in [1.807, 2.05) is 12.3 Å². The van der Waals surface area contributed by atoms with Crippen molar-refractivity contribution in [3.8, 4) is 0 Å². The summed E-state index contributed by atoms with van der Waals surface area (Å²) < 4.78 is 5.01. The highest BCUT2D eigenvalue weighted by Crippen LogP contribution is 2.18. The number of aromatic nitrogens is 3. The fourth-order valence-electron chi connectivity index (χ4n) is 6.47. The van der Waals surface area contributed by atoms with E-state index in [2.05, 4.69) is 121 Å². The number of pyridine rings is 3. The molecular formula is C49H57Cl2N3O3. The van der Waals surface area contributed by atoms with Gasteiger partial charge in [-0.2, -0.15) is 0 Å². The second-order valence-electron chi connectivity index (χ2n) is 15.9. The molecule has 0 fully saturated rings. The van der Waals surface area contributed by atoms with Gasteiger partial charge in [-0.1, -0.05) is 144 Å². The van der Waals surface area contributed by atoms with E-state index in [4.69, 9.17) is 23.2 Å². The van der Waals surface area contributed by atoms with Crippen molar-refractivity contribution in [2.45, 2.75) is 86.9 Å². The van der Waals surface area contributed by atoms with Crippen LogP contribution in [0.2, 0.25) is 10.0 Å². The van der Waals surface area contributed by atoms with Gasteiger partial charge in [0.25, 0.3) is 16.7 Å². The summed E-state index contributed by atoms with van der Waals surface area (Å²) in [6, 6.07) is 37.0. The molecule has 0 aliphatic carbocycles. The maximum Gasteiger partial charge on any atom is 0.251 e. The van der Waals surface area contributed by atoms with Crippen LogP contribution in [0.25, 0.3) is 0 Å². The van der Waals surface area contributed by atoms with E-state index in [9.17, 15) is 14.4 Å². The first-order valence-corrected chi connectivity index (χ1v) is 20.6. The van der Waals surface area contributed by atoms with E-state index < -0.39 is 0 Å². The molecule has 0 bridgehead atoms. The fraction of sp³-hybridized carbons (Fsp3) is 0.327. The largest absolute Gasteiger partial charge is 0.310 e. The maximum absolute atomic E-state index is 11.8. The van der Waals surface area contributed by atoms with Crippen LogP contribution in [-0.4, -0.2) is 13.7 Å². The zero-order valence-corrected chi connectivity index (χ0v) is 35.9. The highest BCUT2D eigenvalue weighted by Gasteiger charge is 2.09. The molecule has 0 saturated carbocycles. The Kier molecular flexibility index (Phi) is 17.4. The fourth-order valence-corrected chi connectivity index (χ4v) is 6.83. The Balaban J connectivity index is 0.000000189. The molecule has 3 heterocycles. The van der Waals surface area contributed by atoms with Gasteiger partial charge in [-0.3, -0.25) is 14.4 Å². The van der Waals surface area contributed by atoms with E-state index in [0.29, 0.717) is 40.9 Å². The number of hydrogen-bond donors (Lipinski definition) is 0. The summed E-state index contributed by atoms with van der Waals surface area (Å²) >= 11 is 11.8. The van der Waals surface area contributed by atoms with Gasteiger partial charge in [0.05, 0.1) is 29.2 Å². The lowest BCUT2D eigenvalue weighted by Crippen LogP contribution is -2.21. The van der Waals surface area contributed by atoms with Crippen LogP contribution in [-0.2, 0) is 32.4 Å². The van der Waals surface area contributed by atoms with Crippen LogP contribution in [0.1, 0.15) is 87.9 Å². The van der Waals surface area contributed by atoms with Crippen LogP contribution in [0.15, 0.2) is 148 Å². The van der Waals surface area contributed by atoms with E-state index in [0.717, 1.165) is 30.4 Å². The molecule has 6 nitrogen and oxygen atoms in total. The first kappa shape index (κ1) is 44.8. The number of rotatable bonds is 12. The maximum atomic E-state index is 11.8. The van der Waals surface area contributed by atoms with Gasteiger partial charge in [0.2, 0.25) is 0 Å².